The minimum Gasteiger partial charge on any atom is -0.370 e. The highest BCUT2D eigenvalue weighted by Gasteiger charge is 2.01. The van der Waals surface area contributed by atoms with Crippen molar-refractivity contribution in [1.29, 1.82) is 0 Å². The Hall–Kier alpha value is -0.810. The minimum absolute atomic E-state index is 0.0408. The van der Waals surface area contributed by atoms with E-state index in [0.29, 0.717) is 6.54 Å². The Morgan fingerprint density at radius 1 is 1.40 bits per heavy atom. The smallest absolute Gasteiger partial charge is 0.186 e. The molecule has 0 aliphatic carbocycles. The van der Waals surface area contributed by atoms with Crippen molar-refractivity contribution < 1.29 is 9.47 Å². The van der Waals surface area contributed by atoms with E-state index in [-0.39, 0.29) is 12.2 Å². The van der Waals surface area contributed by atoms with Crippen LogP contribution in [0.2, 0.25) is 0 Å². The third-order valence-corrected chi connectivity index (χ3v) is 0.949. The molecule has 5 heteroatoms. The van der Waals surface area contributed by atoms with Crippen molar-refractivity contribution in [2.45, 2.75) is 6.29 Å². The van der Waals surface area contributed by atoms with Gasteiger partial charge in [0.15, 0.2) is 12.2 Å². The van der Waals surface area contributed by atoms with Crippen molar-refractivity contribution in [3.05, 3.63) is 0 Å². The normalized spacial score (nSPS) is 9.90. The topological polar surface area (TPSA) is 82.9 Å². The van der Waals surface area contributed by atoms with Gasteiger partial charge in [0.25, 0.3) is 0 Å². The summed E-state index contributed by atoms with van der Waals surface area (Å²) in [5.41, 5.74) is 10.1. The van der Waals surface area contributed by atoms with Gasteiger partial charge >= 0.3 is 0 Å². The van der Waals surface area contributed by atoms with Gasteiger partial charge in [0.05, 0.1) is 6.54 Å². The highest BCUT2D eigenvalue weighted by molar-refractivity contribution is 5.75. The Morgan fingerprint density at radius 3 is 2.20 bits per heavy atom. The molecule has 0 spiro atoms. The molecule has 0 amide bonds. The van der Waals surface area contributed by atoms with Crippen molar-refractivity contribution in [2.24, 2.45) is 16.5 Å². The van der Waals surface area contributed by atoms with E-state index in [4.69, 9.17) is 20.9 Å². The quantitative estimate of drug-likeness (QED) is 0.300. The Morgan fingerprint density at radius 2 is 1.90 bits per heavy atom. The number of methoxy groups -OCH3 is 2. The van der Waals surface area contributed by atoms with Gasteiger partial charge in [0.2, 0.25) is 0 Å². The van der Waals surface area contributed by atoms with Gasteiger partial charge < -0.3 is 20.9 Å². The summed E-state index contributed by atoms with van der Waals surface area (Å²) in [6.07, 6.45) is -0.359. The van der Waals surface area contributed by atoms with Crippen LogP contribution in [0.25, 0.3) is 0 Å². The summed E-state index contributed by atoms with van der Waals surface area (Å²) in [4.78, 5) is 3.69. The summed E-state index contributed by atoms with van der Waals surface area (Å²) in [7, 11) is 3.05. The molecular formula is C5H13N3O2. The molecule has 60 valence electrons. The van der Waals surface area contributed by atoms with E-state index in [1.54, 1.807) is 0 Å². The van der Waals surface area contributed by atoms with Crippen LogP contribution >= 0.6 is 0 Å². The zero-order chi connectivity index (χ0) is 7.98. The van der Waals surface area contributed by atoms with Gasteiger partial charge in [-0.1, -0.05) is 0 Å². The number of ether oxygens (including phenoxy) is 2. The lowest BCUT2D eigenvalue weighted by atomic mass is 10.6. The lowest BCUT2D eigenvalue weighted by Crippen LogP contribution is -2.26. The first-order valence-electron chi connectivity index (χ1n) is 2.81. The summed E-state index contributed by atoms with van der Waals surface area (Å²) in [6.45, 7) is 0.329. The standard InChI is InChI=1S/C5H13N3O2/c1-9-4(10-2)3-8-5(6)7/h4H,3H2,1-2H3,(H4,6,7,8). The maximum atomic E-state index is 5.07. The summed E-state index contributed by atoms with van der Waals surface area (Å²) >= 11 is 0. The second kappa shape index (κ2) is 5.01. The largest absolute Gasteiger partial charge is 0.370 e. The molecule has 4 N–H and O–H groups in total. The Labute approximate surface area is 60.0 Å². The third-order valence-electron chi connectivity index (χ3n) is 0.949. The Kier molecular flexibility index (Phi) is 4.61. The van der Waals surface area contributed by atoms with E-state index in [1.165, 1.54) is 14.2 Å². The number of nitrogens with zero attached hydrogens (tertiary/aromatic N) is 1. The molecule has 0 aromatic carbocycles. The average molecular weight is 147 g/mol. The van der Waals surface area contributed by atoms with E-state index in [2.05, 4.69) is 4.99 Å². The van der Waals surface area contributed by atoms with Crippen molar-refractivity contribution in [1.82, 2.24) is 0 Å². The van der Waals surface area contributed by atoms with Crippen LogP contribution in [0, 0.1) is 0 Å². The highest BCUT2D eigenvalue weighted by Crippen LogP contribution is 1.89. The van der Waals surface area contributed by atoms with Crippen LogP contribution in [0.5, 0.6) is 0 Å². The molecule has 5 nitrogen and oxygen atoms in total. The van der Waals surface area contributed by atoms with Crippen LogP contribution in [-0.2, 0) is 9.47 Å². The fourth-order valence-corrected chi connectivity index (χ4v) is 0.425. The van der Waals surface area contributed by atoms with Gasteiger partial charge in [0, 0.05) is 14.2 Å². The highest BCUT2D eigenvalue weighted by atomic mass is 16.7. The number of nitrogens with two attached hydrogens (primary N) is 2. The van der Waals surface area contributed by atoms with Crippen LogP contribution in [-0.4, -0.2) is 33.0 Å². The molecule has 0 aliphatic heterocycles. The van der Waals surface area contributed by atoms with Crippen LogP contribution in [0.1, 0.15) is 0 Å². The van der Waals surface area contributed by atoms with E-state index >= 15 is 0 Å². The predicted molar refractivity (Wildman–Crippen MR) is 38.5 cm³/mol. The molecule has 0 aliphatic rings. The predicted octanol–water partition coefficient (Wildman–Crippen LogP) is -1.12. The maximum absolute atomic E-state index is 5.07. The van der Waals surface area contributed by atoms with E-state index < -0.39 is 0 Å². The van der Waals surface area contributed by atoms with Gasteiger partial charge in [-0.25, -0.2) is 4.99 Å². The molecular weight excluding hydrogens is 134 g/mol. The molecule has 0 atom stereocenters. The van der Waals surface area contributed by atoms with Gasteiger partial charge in [0.1, 0.15) is 0 Å². The molecule has 0 rings (SSSR count). The first kappa shape index (κ1) is 9.19. The number of aliphatic imine (C=N–C) groups is 1. The summed E-state index contributed by atoms with van der Waals surface area (Å²) in [5.74, 6) is 0.0408. The molecule has 0 bridgehead atoms. The first-order chi connectivity index (χ1) is 4.70. The lowest BCUT2D eigenvalue weighted by Gasteiger charge is -2.09. The van der Waals surface area contributed by atoms with E-state index in [0.717, 1.165) is 0 Å². The van der Waals surface area contributed by atoms with Crippen molar-refractivity contribution >= 4 is 5.96 Å². The van der Waals surface area contributed by atoms with Crippen molar-refractivity contribution in [3.8, 4) is 0 Å². The third kappa shape index (κ3) is 4.11. The monoisotopic (exact) mass is 147 g/mol. The Bertz CT molecular complexity index is 107. The molecule has 0 unspecified atom stereocenters. The van der Waals surface area contributed by atoms with Crippen LogP contribution < -0.4 is 11.5 Å². The average Bonchev–Trinajstić information content (AvgIpc) is 1.90. The van der Waals surface area contributed by atoms with Gasteiger partial charge in [-0.05, 0) is 0 Å². The van der Waals surface area contributed by atoms with Crippen LogP contribution in [0.4, 0.5) is 0 Å². The summed E-state index contributed by atoms with van der Waals surface area (Å²) in [5, 5.41) is 0. The second-order valence-corrected chi connectivity index (χ2v) is 1.67. The molecule has 0 radical (unpaired) electrons. The summed E-state index contributed by atoms with van der Waals surface area (Å²) < 4.78 is 9.62. The molecule has 0 saturated carbocycles. The minimum atomic E-state index is -0.359. The lowest BCUT2D eigenvalue weighted by molar-refractivity contribution is -0.0937. The first-order valence-corrected chi connectivity index (χ1v) is 2.81. The van der Waals surface area contributed by atoms with E-state index in [9.17, 15) is 0 Å². The number of guanidine groups is 1. The van der Waals surface area contributed by atoms with E-state index in [1.807, 2.05) is 0 Å². The zero-order valence-corrected chi connectivity index (χ0v) is 6.20. The summed E-state index contributed by atoms with van der Waals surface area (Å²) in [6, 6.07) is 0. The van der Waals surface area contributed by atoms with Crippen LogP contribution in [0.15, 0.2) is 4.99 Å². The Balaban J connectivity index is 3.54. The number of rotatable bonds is 4. The molecule has 0 aromatic rings. The van der Waals surface area contributed by atoms with Crippen molar-refractivity contribution in [2.75, 3.05) is 20.8 Å². The van der Waals surface area contributed by atoms with Crippen molar-refractivity contribution in [3.63, 3.8) is 0 Å². The van der Waals surface area contributed by atoms with Gasteiger partial charge in [-0.15, -0.1) is 0 Å². The molecule has 0 saturated heterocycles. The number of hydrogen-bond donors (Lipinski definition) is 2. The molecule has 0 fully saturated rings. The maximum Gasteiger partial charge on any atom is 0.186 e. The zero-order valence-electron chi connectivity index (χ0n) is 6.20. The SMILES string of the molecule is COC(CN=C(N)N)OC. The molecule has 0 aromatic heterocycles. The fraction of sp³-hybridized carbons (Fsp3) is 0.800. The fourth-order valence-electron chi connectivity index (χ4n) is 0.425. The van der Waals surface area contributed by atoms with Gasteiger partial charge in [-0.2, -0.15) is 0 Å². The van der Waals surface area contributed by atoms with Crippen LogP contribution in [0.3, 0.4) is 0 Å². The van der Waals surface area contributed by atoms with Gasteiger partial charge in [-0.3, -0.25) is 0 Å². The second-order valence-electron chi connectivity index (χ2n) is 1.67. The molecule has 0 heterocycles. The number of hydrogen-bond acceptors (Lipinski definition) is 3. The molecule has 10 heavy (non-hydrogen) atoms.